The minimum absolute atomic E-state index is 0.0176. The van der Waals surface area contributed by atoms with E-state index in [0.717, 1.165) is 17.0 Å². The molecule has 3 aromatic carbocycles. The number of rotatable bonds is 7. The van der Waals surface area contributed by atoms with Gasteiger partial charge in [-0.15, -0.1) is 10.2 Å². The number of thioether (sulfide) groups is 1. The molecule has 0 atom stereocenters. The van der Waals surface area contributed by atoms with Gasteiger partial charge in [0.1, 0.15) is 0 Å². The molecule has 0 unspecified atom stereocenters. The van der Waals surface area contributed by atoms with E-state index in [1.165, 1.54) is 11.8 Å². The predicted octanol–water partition coefficient (Wildman–Crippen LogP) is 5.02. The van der Waals surface area contributed by atoms with Gasteiger partial charge in [0.25, 0.3) is 5.91 Å². The highest BCUT2D eigenvalue weighted by Gasteiger charge is 2.14. The average Bonchev–Trinajstić information content (AvgIpc) is 3.18. The molecular formula is C25H22N4O2S. The highest BCUT2D eigenvalue weighted by atomic mass is 32.2. The molecule has 0 aliphatic heterocycles. The van der Waals surface area contributed by atoms with Crippen LogP contribution < -0.4 is 5.32 Å². The Morgan fingerprint density at radius 3 is 2.38 bits per heavy atom. The summed E-state index contributed by atoms with van der Waals surface area (Å²) in [6.45, 7) is 2.03. The Balaban J connectivity index is 1.37. The minimum atomic E-state index is -0.188. The van der Waals surface area contributed by atoms with E-state index in [1.54, 1.807) is 36.4 Å². The van der Waals surface area contributed by atoms with Crippen LogP contribution in [0.2, 0.25) is 0 Å². The predicted molar refractivity (Wildman–Crippen MR) is 127 cm³/mol. The lowest BCUT2D eigenvalue weighted by molar-refractivity contribution is 0.101. The van der Waals surface area contributed by atoms with Crippen molar-refractivity contribution in [1.82, 2.24) is 14.8 Å². The highest BCUT2D eigenvalue weighted by Crippen LogP contribution is 2.24. The van der Waals surface area contributed by atoms with Crippen LogP contribution in [0.15, 0.2) is 84.0 Å². The number of aromatic nitrogens is 3. The van der Waals surface area contributed by atoms with Crippen LogP contribution in [0.1, 0.15) is 26.3 Å². The van der Waals surface area contributed by atoms with Crippen molar-refractivity contribution >= 4 is 29.1 Å². The summed E-state index contributed by atoms with van der Waals surface area (Å²) in [6, 6.07) is 24.0. The average molecular weight is 443 g/mol. The third kappa shape index (κ3) is 4.95. The van der Waals surface area contributed by atoms with E-state index in [2.05, 4.69) is 21.6 Å². The van der Waals surface area contributed by atoms with Crippen molar-refractivity contribution in [2.45, 2.75) is 12.1 Å². The summed E-state index contributed by atoms with van der Waals surface area (Å²) < 4.78 is 1.90. The van der Waals surface area contributed by atoms with Gasteiger partial charge in [-0.05, 0) is 49.4 Å². The summed E-state index contributed by atoms with van der Waals surface area (Å²) in [4.78, 5) is 24.9. The second-order valence-electron chi connectivity index (χ2n) is 7.34. The number of Topliss-reactive ketones (excluding diaryl/α,β-unsaturated/α-hetero) is 1. The Morgan fingerprint density at radius 1 is 0.906 bits per heavy atom. The number of hydrogen-bond donors (Lipinski definition) is 1. The lowest BCUT2D eigenvalue weighted by Crippen LogP contribution is -2.12. The van der Waals surface area contributed by atoms with Crippen molar-refractivity contribution in [3.05, 3.63) is 95.6 Å². The Bertz CT molecular complexity index is 1250. The number of aryl methyl sites for hydroxylation is 1. The van der Waals surface area contributed by atoms with Crippen molar-refractivity contribution in [2.75, 3.05) is 11.1 Å². The number of nitrogens with one attached hydrogen (secondary N) is 1. The maximum atomic E-state index is 12.6. The summed E-state index contributed by atoms with van der Waals surface area (Å²) in [5.74, 6) is 0.806. The van der Waals surface area contributed by atoms with Gasteiger partial charge in [-0.2, -0.15) is 0 Å². The summed E-state index contributed by atoms with van der Waals surface area (Å²) in [7, 11) is 1.90. The van der Waals surface area contributed by atoms with Gasteiger partial charge in [0.15, 0.2) is 16.8 Å². The first-order valence-electron chi connectivity index (χ1n) is 10.1. The van der Waals surface area contributed by atoms with Crippen LogP contribution in [0.3, 0.4) is 0 Å². The second-order valence-corrected chi connectivity index (χ2v) is 8.29. The first-order chi connectivity index (χ1) is 15.5. The number of hydrogen-bond acceptors (Lipinski definition) is 5. The lowest BCUT2D eigenvalue weighted by atomic mass is 10.1. The Morgan fingerprint density at radius 2 is 1.66 bits per heavy atom. The maximum absolute atomic E-state index is 12.6. The fourth-order valence-electron chi connectivity index (χ4n) is 3.22. The third-order valence-electron chi connectivity index (χ3n) is 4.94. The number of amides is 1. The molecule has 4 aromatic rings. The summed E-state index contributed by atoms with van der Waals surface area (Å²) in [5, 5.41) is 12.0. The molecule has 0 spiro atoms. The van der Waals surface area contributed by atoms with Crippen molar-refractivity contribution in [2.24, 2.45) is 7.05 Å². The number of carbonyl (C=O) groups is 2. The van der Waals surface area contributed by atoms with Crippen LogP contribution in [0.5, 0.6) is 0 Å². The molecule has 0 bridgehead atoms. The number of ketones is 1. The van der Waals surface area contributed by atoms with Gasteiger partial charge in [0.05, 0.1) is 5.75 Å². The normalized spacial score (nSPS) is 10.7. The van der Waals surface area contributed by atoms with Gasteiger partial charge in [0, 0.05) is 29.4 Å². The van der Waals surface area contributed by atoms with E-state index in [1.807, 2.05) is 54.9 Å². The number of carbonyl (C=O) groups excluding carboxylic acids is 2. The molecule has 160 valence electrons. The first-order valence-corrected chi connectivity index (χ1v) is 11.1. The van der Waals surface area contributed by atoms with Gasteiger partial charge in [-0.1, -0.05) is 53.7 Å². The lowest BCUT2D eigenvalue weighted by Gasteiger charge is -2.07. The molecule has 6 nitrogen and oxygen atoms in total. The van der Waals surface area contributed by atoms with Crippen LogP contribution in [0, 0.1) is 6.92 Å². The van der Waals surface area contributed by atoms with E-state index in [9.17, 15) is 9.59 Å². The van der Waals surface area contributed by atoms with Crippen molar-refractivity contribution in [3.8, 4) is 11.4 Å². The zero-order valence-corrected chi connectivity index (χ0v) is 18.6. The number of nitrogens with zero attached hydrogens (tertiary/aromatic N) is 3. The highest BCUT2D eigenvalue weighted by molar-refractivity contribution is 7.99. The number of benzene rings is 3. The minimum Gasteiger partial charge on any atom is -0.322 e. The molecule has 1 amide bonds. The van der Waals surface area contributed by atoms with Gasteiger partial charge in [-0.3, -0.25) is 9.59 Å². The van der Waals surface area contributed by atoms with Gasteiger partial charge in [-0.25, -0.2) is 0 Å². The Kier molecular flexibility index (Phi) is 6.47. The molecule has 0 aliphatic rings. The second kappa shape index (κ2) is 9.62. The zero-order chi connectivity index (χ0) is 22.5. The number of anilines is 1. The largest absolute Gasteiger partial charge is 0.322 e. The standard InChI is InChI=1S/C25H22N4O2S/c1-17-7-6-10-20(15-17)23-27-28-25(29(23)2)32-16-22(30)18-11-13-21(14-12-18)26-24(31)19-8-4-3-5-9-19/h3-15H,16H2,1-2H3,(H,26,31). The fraction of sp³-hybridized carbons (Fsp3) is 0.120. The quantitative estimate of drug-likeness (QED) is 0.321. The smallest absolute Gasteiger partial charge is 0.255 e. The molecule has 0 aliphatic carbocycles. The molecule has 7 heteroatoms. The summed E-state index contributed by atoms with van der Waals surface area (Å²) >= 11 is 1.35. The molecule has 1 aromatic heterocycles. The van der Waals surface area contributed by atoms with E-state index >= 15 is 0 Å². The first kappa shape index (κ1) is 21.5. The van der Waals surface area contributed by atoms with Crippen molar-refractivity contribution in [3.63, 3.8) is 0 Å². The molecule has 0 saturated carbocycles. The molecule has 0 radical (unpaired) electrons. The summed E-state index contributed by atoms with van der Waals surface area (Å²) in [5.41, 5.74) is 3.94. The van der Waals surface area contributed by atoms with Crippen LogP contribution >= 0.6 is 11.8 Å². The van der Waals surface area contributed by atoms with E-state index < -0.39 is 0 Å². The molecule has 0 saturated heterocycles. The van der Waals surface area contributed by atoms with Gasteiger partial charge < -0.3 is 9.88 Å². The van der Waals surface area contributed by atoms with Gasteiger partial charge >= 0.3 is 0 Å². The monoisotopic (exact) mass is 442 g/mol. The molecule has 1 N–H and O–H groups in total. The van der Waals surface area contributed by atoms with E-state index in [-0.39, 0.29) is 17.4 Å². The molecule has 4 rings (SSSR count). The maximum Gasteiger partial charge on any atom is 0.255 e. The van der Waals surface area contributed by atoms with Crippen LogP contribution in [-0.2, 0) is 7.05 Å². The Hall–Kier alpha value is -3.71. The van der Waals surface area contributed by atoms with Gasteiger partial charge in [0.2, 0.25) is 0 Å². The fourth-order valence-corrected chi connectivity index (χ4v) is 4.03. The van der Waals surface area contributed by atoms with Crippen LogP contribution in [-0.4, -0.2) is 32.2 Å². The molecular weight excluding hydrogens is 420 g/mol. The van der Waals surface area contributed by atoms with E-state index in [4.69, 9.17) is 0 Å². The van der Waals surface area contributed by atoms with Crippen LogP contribution in [0.4, 0.5) is 5.69 Å². The van der Waals surface area contributed by atoms with Crippen molar-refractivity contribution < 1.29 is 9.59 Å². The van der Waals surface area contributed by atoms with Crippen molar-refractivity contribution in [1.29, 1.82) is 0 Å². The molecule has 1 heterocycles. The van der Waals surface area contributed by atoms with E-state index in [0.29, 0.717) is 22.0 Å². The third-order valence-corrected chi connectivity index (χ3v) is 5.96. The van der Waals surface area contributed by atoms with Crippen LogP contribution in [0.25, 0.3) is 11.4 Å². The molecule has 0 fully saturated rings. The Labute approximate surface area is 190 Å². The zero-order valence-electron chi connectivity index (χ0n) is 17.8. The SMILES string of the molecule is Cc1cccc(-c2nnc(SCC(=O)c3ccc(NC(=O)c4ccccc4)cc3)n2C)c1. The topological polar surface area (TPSA) is 76.9 Å². The summed E-state index contributed by atoms with van der Waals surface area (Å²) in [6.07, 6.45) is 0. The molecule has 32 heavy (non-hydrogen) atoms.